The van der Waals surface area contributed by atoms with Crippen molar-refractivity contribution >= 4 is 10.8 Å². The normalized spacial score (nSPS) is 20.6. The van der Waals surface area contributed by atoms with Gasteiger partial charge in [0, 0.05) is 13.1 Å². The highest BCUT2D eigenvalue weighted by molar-refractivity contribution is 5.82. The average Bonchev–Trinajstić information content (AvgIpc) is 3.31. The Morgan fingerprint density at radius 2 is 1.79 bits per heavy atom. The van der Waals surface area contributed by atoms with Gasteiger partial charge in [0.1, 0.15) is 0 Å². The van der Waals surface area contributed by atoms with Gasteiger partial charge in [-0.05, 0) is 59.4 Å². The average molecular weight is 251 g/mol. The minimum atomic E-state index is 0.705. The number of nitrogens with one attached hydrogen (secondary N) is 1. The zero-order valence-corrected chi connectivity index (χ0v) is 11.4. The molecule has 2 aliphatic carbocycles. The van der Waals surface area contributed by atoms with Gasteiger partial charge in [-0.25, -0.2) is 0 Å². The molecule has 98 valence electrons. The van der Waals surface area contributed by atoms with Crippen LogP contribution in [0.2, 0.25) is 0 Å². The second-order valence-corrected chi connectivity index (χ2v) is 6.42. The number of hydrogen-bond donors (Lipinski definition) is 1. The summed E-state index contributed by atoms with van der Waals surface area (Å²) in [7, 11) is 0. The molecule has 2 aromatic rings. The minimum Gasteiger partial charge on any atom is -0.312 e. The molecule has 0 spiro atoms. The maximum Gasteiger partial charge on any atom is 0.0205 e. The molecule has 1 heteroatoms. The predicted molar refractivity (Wildman–Crippen MR) is 80.0 cm³/mol. The summed E-state index contributed by atoms with van der Waals surface area (Å²) in [5.74, 6) is 1.05. The van der Waals surface area contributed by atoms with Gasteiger partial charge in [0.25, 0.3) is 0 Å². The van der Waals surface area contributed by atoms with Crippen molar-refractivity contribution in [2.24, 2.45) is 11.3 Å². The molecular weight excluding hydrogens is 230 g/mol. The third-order valence-corrected chi connectivity index (χ3v) is 4.96. The predicted octanol–water partition coefficient (Wildman–Crippen LogP) is 4.12. The Kier molecular flexibility index (Phi) is 2.63. The van der Waals surface area contributed by atoms with E-state index in [1.54, 1.807) is 0 Å². The molecule has 0 heterocycles. The first-order valence-electron chi connectivity index (χ1n) is 7.54. The summed E-state index contributed by atoms with van der Waals surface area (Å²) in [5.41, 5.74) is 2.11. The third kappa shape index (κ3) is 2.28. The number of hydrogen-bond acceptors (Lipinski definition) is 1. The highest BCUT2D eigenvalue weighted by Gasteiger charge is 2.53. The van der Waals surface area contributed by atoms with E-state index in [9.17, 15) is 0 Å². The van der Waals surface area contributed by atoms with Crippen molar-refractivity contribution in [1.82, 2.24) is 5.32 Å². The lowest BCUT2D eigenvalue weighted by atomic mass is 10.0. The molecule has 4 rings (SSSR count). The summed E-state index contributed by atoms with van der Waals surface area (Å²) in [4.78, 5) is 0. The lowest BCUT2D eigenvalue weighted by Gasteiger charge is -2.15. The zero-order valence-electron chi connectivity index (χ0n) is 11.4. The Labute approximate surface area is 115 Å². The van der Waals surface area contributed by atoms with Gasteiger partial charge in [-0.3, -0.25) is 0 Å². The van der Waals surface area contributed by atoms with Crippen LogP contribution in [-0.4, -0.2) is 6.54 Å². The van der Waals surface area contributed by atoms with E-state index in [2.05, 4.69) is 47.8 Å². The van der Waals surface area contributed by atoms with Crippen LogP contribution in [0.1, 0.15) is 31.2 Å². The second-order valence-electron chi connectivity index (χ2n) is 6.42. The Bertz CT molecular complexity index is 593. The molecule has 19 heavy (non-hydrogen) atoms. The van der Waals surface area contributed by atoms with Crippen molar-refractivity contribution in [3.63, 3.8) is 0 Å². The van der Waals surface area contributed by atoms with E-state index in [1.165, 1.54) is 48.6 Å². The molecule has 0 unspecified atom stereocenters. The van der Waals surface area contributed by atoms with E-state index < -0.39 is 0 Å². The molecule has 0 bridgehead atoms. The molecule has 2 saturated carbocycles. The van der Waals surface area contributed by atoms with Crippen LogP contribution >= 0.6 is 0 Å². The fraction of sp³-hybridized carbons (Fsp3) is 0.444. The summed E-state index contributed by atoms with van der Waals surface area (Å²) >= 11 is 0. The Balaban J connectivity index is 1.41. The summed E-state index contributed by atoms with van der Waals surface area (Å²) in [6.45, 7) is 2.24. The van der Waals surface area contributed by atoms with E-state index in [0.717, 1.165) is 12.5 Å². The van der Waals surface area contributed by atoms with E-state index >= 15 is 0 Å². The van der Waals surface area contributed by atoms with E-state index in [4.69, 9.17) is 0 Å². The standard InChI is InChI=1S/C18H21N/c1-2-4-16-11-14(5-6-15(16)3-1)12-19-13-18(9-10-18)17-7-8-17/h1-6,11,17,19H,7-10,12-13H2. The maximum atomic E-state index is 3.69. The Morgan fingerprint density at radius 1 is 1.00 bits per heavy atom. The molecule has 0 aromatic heterocycles. The van der Waals surface area contributed by atoms with Gasteiger partial charge in [0.2, 0.25) is 0 Å². The largest absolute Gasteiger partial charge is 0.312 e. The van der Waals surface area contributed by atoms with Crippen LogP contribution in [0.25, 0.3) is 10.8 Å². The smallest absolute Gasteiger partial charge is 0.0205 e. The van der Waals surface area contributed by atoms with Crippen molar-refractivity contribution in [2.75, 3.05) is 6.54 Å². The van der Waals surface area contributed by atoms with E-state index in [1.807, 2.05) is 0 Å². The van der Waals surface area contributed by atoms with Crippen molar-refractivity contribution in [3.8, 4) is 0 Å². The maximum absolute atomic E-state index is 3.69. The van der Waals surface area contributed by atoms with Gasteiger partial charge < -0.3 is 5.32 Å². The fourth-order valence-corrected chi connectivity index (χ4v) is 3.39. The van der Waals surface area contributed by atoms with Gasteiger partial charge in [0.15, 0.2) is 0 Å². The van der Waals surface area contributed by atoms with Gasteiger partial charge >= 0.3 is 0 Å². The monoisotopic (exact) mass is 251 g/mol. The molecular formula is C18H21N. The first-order valence-corrected chi connectivity index (χ1v) is 7.54. The topological polar surface area (TPSA) is 12.0 Å². The van der Waals surface area contributed by atoms with Crippen molar-refractivity contribution in [3.05, 3.63) is 48.0 Å². The van der Waals surface area contributed by atoms with Crippen molar-refractivity contribution < 1.29 is 0 Å². The van der Waals surface area contributed by atoms with Crippen LogP contribution in [0.4, 0.5) is 0 Å². The molecule has 2 aliphatic rings. The molecule has 1 nitrogen and oxygen atoms in total. The first-order chi connectivity index (χ1) is 9.36. The SMILES string of the molecule is c1ccc2cc(CNCC3(C4CC4)CC3)ccc2c1. The fourth-order valence-electron chi connectivity index (χ4n) is 3.39. The van der Waals surface area contributed by atoms with Crippen LogP contribution in [-0.2, 0) is 6.54 Å². The van der Waals surface area contributed by atoms with Crippen LogP contribution in [0.3, 0.4) is 0 Å². The van der Waals surface area contributed by atoms with Crippen molar-refractivity contribution in [1.29, 1.82) is 0 Å². The summed E-state index contributed by atoms with van der Waals surface area (Å²) in [5, 5.41) is 6.38. The molecule has 1 N–H and O–H groups in total. The van der Waals surface area contributed by atoms with E-state index in [0.29, 0.717) is 5.41 Å². The Hall–Kier alpha value is -1.34. The number of rotatable bonds is 5. The van der Waals surface area contributed by atoms with Gasteiger partial charge in [0.05, 0.1) is 0 Å². The molecule has 0 amide bonds. The second kappa shape index (κ2) is 4.35. The Morgan fingerprint density at radius 3 is 2.53 bits per heavy atom. The quantitative estimate of drug-likeness (QED) is 0.843. The van der Waals surface area contributed by atoms with Gasteiger partial charge in [-0.15, -0.1) is 0 Å². The summed E-state index contributed by atoms with van der Waals surface area (Å²) < 4.78 is 0. The summed E-state index contributed by atoms with van der Waals surface area (Å²) in [6, 6.07) is 15.4. The minimum absolute atomic E-state index is 0.705. The van der Waals surface area contributed by atoms with Crippen LogP contribution in [0.15, 0.2) is 42.5 Å². The van der Waals surface area contributed by atoms with E-state index in [-0.39, 0.29) is 0 Å². The highest BCUT2D eigenvalue weighted by atomic mass is 14.9. The number of fused-ring (bicyclic) bond motifs is 1. The third-order valence-electron chi connectivity index (χ3n) is 4.96. The molecule has 0 saturated heterocycles. The molecule has 2 aromatic carbocycles. The first kappa shape index (κ1) is 11.5. The van der Waals surface area contributed by atoms with Crippen LogP contribution < -0.4 is 5.32 Å². The van der Waals surface area contributed by atoms with Crippen LogP contribution in [0.5, 0.6) is 0 Å². The molecule has 0 radical (unpaired) electrons. The highest BCUT2D eigenvalue weighted by Crippen LogP contribution is 2.60. The van der Waals surface area contributed by atoms with Crippen molar-refractivity contribution in [2.45, 2.75) is 32.2 Å². The summed E-state index contributed by atoms with van der Waals surface area (Å²) in [6.07, 6.45) is 5.89. The number of benzene rings is 2. The lowest BCUT2D eigenvalue weighted by molar-refractivity contribution is 0.403. The lowest BCUT2D eigenvalue weighted by Crippen LogP contribution is -2.24. The van der Waals surface area contributed by atoms with Crippen LogP contribution in [0, 0.1) is 11.3 Å². The van der Waals surface area contributed by atoms with Gasteiger partial charge in [-0.1, -0.05) is 36.4 Å². The molecule has 0 aliphatic heterocycles. The van der Waals surface area contributed by atoms with Gasteiger partial charge in [-0.2, -0.15) is 0 Å². The zero-order chi connectivity index (χ0) is 12.7. The molecule has 0 atom stereocenters. The molecule has 2 fully saturated rings.